The molecule has 4 aromatic carbocycles. The van der Waals surface area contributed by atoms with E-state index in [9.17, 15) is 4.79 Å². The first-order valence-electron chi connectivity index (χ1n) is 9.90. The zero-order chi connectivity index (χ0) is 21.6. The van der Waals surface area contributed by atoms with E-state index < -0.39 is 0 Å². The van der Waals surface area contributed by atoms with Crippen molar-refractivity contribution in [1.29, 1.82) is 0 Å². The maximum absolute atomic E-state index is 12.2. The molecular weight excluding hydrogens is 452 g/mol. The molecule has 31 heavy (non-hydrogen) atoms. The minimum Gasteiger partial charge on any atom is -0.488 e. The maximum atomic E-state index is 12.2. The Hall–Kier alpha value is -3.44. The van der Waals surface area contributed by atoms with Gasteiger partial charge in [0.2, 0.25) is 0 Å². The van der Waals surface area contributed by atoms with Gasteiger partial charge in [0.15, 0.2) is 0 Å². The van der Waals surface area contributed by atoms with Crippen molar-refractivity contribution in [3.8, 4) is 5.75 Å². The maximum Gasteiger partial charge on any atom is 0.271 e. The van der Waals surface area contributed by atoms with Gasteiger partial charge in [-0.1, -0.05) is 60.7 Å². The lowest BCUT2D eigenvalue weighted by Gasteiger charge is -2.11. The van der Waals surface area contributed by atoms with Gasteiger partial charge < -0.3 is 4.74 Å². The van der Waals surface area contributed by atoms with Crippen molar-refractivity contribution in [1.82, 2.24) is 5.43 Å². The van der Waals surface area contributed by atoms with Gasteiger partial charge in [-0.25, -0.2) is 5.43 Å². The molecule has 0 aliphatic carbocycles. The Bertz CT molecular complexity index is 1260. The third-order valence-electron chi connectivity index (χ3n) is 4.99. The number of halogens is 1. The van der Waals surface area contributed by atoms with E-state index >= 15 is 0 Å². The van der Waals surface area contributed by atoms with Crippen LogP contribution in [0.5, 0.6) is 5.75 Å². The van der Waals surface area contributed by atoms with Crippen LogP contribution in [0.4, 0.5) is 0 Å². The highest BCUT2D eigenvalue weighted by Gasteiger charge is 2.07. The van der Waals surface area contributed by atoms with Crippen LogP contribution in [0.3, 0.4) is 0 Å². The topological polar surface area (TPSA) is 50.7 Å². The quantitative estimate of drug-likeness (QED) is 0.266. The van der Waals surface area contributed by atoms with Crippen molar-refractivity contribution in [3.63, 3.8) is 0 Å². The highest BCUT2D eigenvalue weighted by atomic mass is 79.9. The number of hydrazone groups is 1. The van der Waals surface area contributed by atoms with Crippen LogP contribution in [-0.4, -0.2) is 12.1 Å². The summed E-state index contributed by atoms with van der Waals surface area (Å²) < 4.78 is 6.86. The van der Waals surface area contributed by atoms with Crippen molar-refractivity contribution in [2.75, 3.05) is 0 Å². The number of nitrogens with zero attached hydrogens (tertiary/aromatic N) is 1. The van der Waals surface area contributed by atoms with Crippen LogP contribution in [0.15, 0.2) is 94.5 Å². The Kier molecular flexibility index (Phi) is 6.43. The van der Waals surface area contributed by atoms with E-state index in [1.165, 1.54) is 10.8 Å². The fraction of sp³-hybridized carbons (Fsp3) is 0.0769. The van der Waals surface area contributed by atoms with Crippen LogP contribution in [-0.2, 0) is 6.61 Å². The highest BCUT2D eigenvalue weighted by molar-refractivity contribution is 9.10. The smallest absolute Gasteiger partial charge is 0.271 e. The first-order valence-corrected chi connectivity index (χ1v) is 10.7. The number of hydrogen-bond donors (Lipinski definition) is 1. The van der Waals surface area contributed by atoms with E-state index in [0.29, 0.717) is 12.2 Å². The van der Waals surface area contributed by atoms with Crippen LogP contribution in [0.2, 0.25) is 0 Å². The van der Waals surface area contributed by atoms with Crippen molar-refractivity contribution >= 4 is 38.8 Å². The summed E-state index contributed by atoms with van der Waals surface area (Å²) in [6.45, 7) is 2.37. The number of aryl methyl sites for hydroxylation is 1. The third kappa shape index (κ3) is 5.01. The molecule has 0 radical (unpaired) electrons. The van der Waals surface area contributed by atoms with Crippen LogP contribution in [0.1, 0.15) is 27.0 Å². The van der Waals surface area contributed by atoms with Gasteiger partial charge in [0, 0.05) is 5.56 Å². The number of fused-ring (bicyclic) bond motifs is 1. The normalized spacial score (nSPS) is 11.0. The van der Waals surface area contributed by atoms with Gasteiger partial charge in [-0.05, 0) is 74.6 Å². The lowest BCUT2D eigenvalue weighted by molar-refractivity contribution is 0.0954. The van der Waals surface area contributed by atoms with Crippen LogP contribution < -0.4 is 10.2 Å². The highest BCUT2D eigenvalue weighted by Crippen LogP contribution is 2.27. The molecule has 4 nitrogen and oxygen atoms in total. The predicted octanol–water partition coefficient (Wildman–Crippen LogP) is 6.25. The van der Waals surface area contributed by atoms with Gasteiger partial charge >= 0.3 is 0 Å². The Morgan fingerprint density at radius 3 is 2.61 bits per heavy atom. The molecule has 0 saturated heterocycles. The number of hydrogen-bond acceptors (Lipinski definition) is 3. The average Bonchev–Trinajstić information content (AvgIpc) is 2.79. The molecule has 0 aromatic heterocycles. The number of ether oxygens (including phenoxy) is 1. The van der Waals surface area contributed by atoms with Gasteiger partial charge in [0.1, 0.15) is 12.4 Å². The second-order valence-electron chi connectivity index (χ2n) is 7.13. The molecule has 1 amide bonds. The van der Waals surface area contributed by atoms with Gasteiger partial charge in [-0.2, -0.15) is 5.10 Å². The minimum absolute atomic E-state index is 0.233. The molecule has 4 rings (SSSR count). The summed E-state index contributed by atoms with van der Waals surface area (Å²) in [7, 11) is 0. The predicted molar refractivity (Wildman–Crippen MR) is 129 cm³/mol. The Labute approximate surface area is 189 Å². The fourth-order valence-electron chi connectivity index (χ4n) is 3.34. The van der Waals surface area contributed by atoms with Gasteiger partial charge in [0.05, 0.1) is 10.7 Å². The monoisotopic (exact) mass is 472 g/mol. The van der Waals surface area contributed by atoms with E-state index in [0.717, 1.165) is 26.9 Å². The molecule has 0 atom stereocenters. The van der Waals surface area contributed by atoms with Gasteiger partial charge in [0.25, 0.3) is 5.91 Å². The molecule has 0 saturated carbocycles. The summed E-state index contributed by atoms with van der Waals surface area (Å²) in [5, 5.41) is 6.46. The summed E-state index contributed by atoms with van der Waals surface area (Å²) in [4.78, 5) is 12.2. The second-order valence-corrected chi connectivity index (χ2v) is 7.99. The number of amides is 1. The molecule has 4 aromatic rings. The second kappa shape index (κ2) is 9.58. The van der Waals surface area contributed by atoms with Gasteiger partial charge in [-0.15, -0.1) is 0 Å². The van der Waals surface area contributed by atoms with Crippen LogP contribution in [0.25, 0.3) is 10.8 Å². The third-order valence-corrected chi connectivity index (χ3v) is 5.61. The molecule has 0 aliphatic heterocycles. The minimum atomic E-state index is -0.233. The average molecular weight is 473 g/mol. The van der Waals surface area contributed by atoms with E-state index in [1.54, 1.807) is 12.3 Å². The number of carbonyl (C=O) groups is 1. The number of rotatable bonds is 6. The lowest BCUT2D eigenvalue weighted by atomic mass is 10.1. The largest absolute Gasteiger partial charge is 0.488 e. The molecule has 154 valence electrons. The summed E-state index contributed by atoms with van der Waals surface area (Å²) in [5.41, 5.74) is 6.06. The Morgan fingerprint density at radius 2 is 1.77 bits per heavy atom. The summed E-state index contributed by atoms with van der Waals surface area (Å²) >= 11 is 3.56. The van der Waals surface area contributed by atoms with Crippen molar-refractivity contribution in [3.05, 3.63) is 112 Å². The molecule has 0 heterocycles. The van der Waals surface area contributed by atoms with E-state index in [2.05, 4.69) is 50.7 Å². The Balaban J connectivity index is 1.40. The van der Waals surface area contributed by atoms with Gasteiger partial charge in [-0.3, -0.25) is 4.79 Å². The number of nitrogens with one attached hydrogen (secondary N) is 1. The lowest BCUT2D eigenvalue weighted by Crippen LogP contribution is -2.18. The molecule has 1 N–H and O–H groups in total. The van der Waals surface area contributed by atoms with E-state index in [-0.39, 0.29) is 5.91 Å². The summed E-state index contributed by atoms with van der Waals surface area (Å²) in [5.74, 6) is 0.512. The summed E-state index contributed by atoms with van der Waals surface area (Å²) in [6.07, 6.45) is 1.61. The SMILES string of the molecule is Cc1ccccc1C(=O)N/N=C\c1ccc(OCc2cccc3ccccc23)c(Br)c1. The number of carbonyl (C=O) groups excluding carboxylic acids is 1. The fourth-order valence-corrected chi connectivity index (χ4v) is 3.85. The van der Waals surface area contributed by atoms with Crippen molar-refractivity contribution < 1.29 is 9.53 Å². The zero-order valence-electron chi connectivity index (χ0n) is 17.0. The van der Waals surface area contributed by atoms with Crippen LogP contribution >= 0.6 is 15.9 Å². The number of benzene rings is 4. The molecular formula is C26H21BrN2O2. The molecule has 5 heteroatoms. The van der Waals surface area contributed by atoms with E-state index in [1.807, 2.05) is 61.5 Å². The summed E-state index contributed by atoms with van der Waals surface area (Å²) in [6, 6.07) is 27.6. The Morgan fingerprint density at radius 1 is 1.00 bits per heavy atom. The first-order chi connectivity index (χ1) is 15.1. The van der Waals surface area contributed by atoms with Crippen molar-refractivity contribution in [2.45, 2.75) is 13.5 Å². The first kappa shape index (κ1) is 20.8. The zero-order valence-corrected chi connectivity index (χ0v) is 18.6. The molecule has 0 bridgehead atoms. The van der Waals surface area contributed by atoms with Crippen molar-refractivity contribution in [2.24, 2.45) is 5.10 Å². The van der Waals surface area contributed by atoms with Crippen LogP contribution in [0, 0.1) is 6.92 Å². The molecule has 0 aliphatic rings. The molecule has 0 unspecified atom stereocenters. The van der Waals surface area contributed by atoms with E-state index in [4.69, 9.17) is 4.74 Å². The molecule has 0 fully saturated rings. The standard InChI is InChI=1S/C26H21BrN2O2/c1-18-7-2-4-11-22(18)26(30)29-28-16-19-13-14-25(24(27)15-19)31-17-21-10-6-9-20-8-3-5-12-23(20)21/h2-16H,17H2,1H3,(H,29,30)/b28-16-. The molecule has 0 spiro atoms.